The van der Waals surface area contributed by atoms with Gasteiger partial charge in [0.1, 0.15) is 0 Å². The molecule has 5 rings (SSSR count). The minimum absolute atomic E-state index is 0.0936. The van der Waals surface area contributed by atoms with Gasteiger partial charge in [-0.05, 0) is 56.9 Å². The number of Topliss-reactive ketones (excluding diaryl/α,β-unsaturated/α-hetero) is 1. The van der Waals surface area contributed by atoms with Crippen LogP contribution in [-0.4, -0.2) is 55.4 Å². The Labute approximate surface area is 129 Å². The van der Waals surface area contributed by atoms with Crippen molar-refractivity contribution in [2.24, 2.45) is 23.2 Å². The van der Waals surface area contributed by atoms with Gasteiger partial charge in [0.25, 0.3) is 0 Å². The van der Waals surface area contributed by atoms with Crippen LogP contribution >= 0.6 is 0 Å². The van der Waals surface area contributed by atoms with Gasteiger partial charge in [-0.1, -0.05) is 12.8 Å². The van der Waals surface area contributed by atoms with Crippen molar-refractivity contribution in [3.63, 3.8) is 0 Å². The van der Waals surface area contributed by atoms with E-state index < -0.39 is 0 Å². The number of fused-ring (bicyclic) bond motifs is 1. The quantitative estimate of drug-likeness (QED) is 0.797. The molecule has 0 spiro atoms. The fourth-order valence-corrected chi connectivity index (χ4v) is 5.91. The van der Waals surface area contributed by atoms with Gasteiger partial charge < -0.3 is 4.90 Å². The van der Waals surface area contributed by atoms with Crippen LogP contribution in [0.1, 0.15) is 44.9 Å². The number of carbonyl (C=O) groups excluding carboxylic acids is 1. The van der Waals surface area contributed by atoms with E-state index >= 15 is 0 Å². The highest BCUT2D eigenvalue weighted by Gasteiger charge is 2.52. The first-order valence-electron chi connectivity index (χ1n) is 9.07. The summed E-state index contributed by atoms with van der Waals surface area (Å²) >= 11 is 0. The molecule has 3 heteroatoms. The smallest absolute Gasteiger partial charge is 0.152 e. The summed E-state index contributed by atoms with van der Waals surface area (Å²) in [6.07, 6.45) is 9.36. The minimum Gasteiger partial charge on any atom is -0.304 e. The van der Waals surface area contributed by atoms with Gasteiger partial charge in [-0.25, -0.2) is 0 Å². The molecular formula is C18H30N2O. The molecule has 0 aromatic rings. The summed E-state index contributed by atoms with van der Waals surface area (Å²) in [5.41, 5.74) is 0.0936. The van der Waals surface area contributed by atoms with E-state index in [-0.39, 0.29) is 5.41 Å². The van der Waals surface area contributed by atoms with Crippen molar-refractivity contribution in [3.8, 4) is 0 Å². The number of hydrogen-bond acceptors (Lipinski definition) is 3. The Morgan fingerprint density at radius 1 is 0.952 bits per heavy atom. The first-order valence-corrected chi connectivity index (χ1v) is 9.07. The zero-order valence-electron chi connectivity index (χ0n) is 13.5. The number of rotatable bonds is 3. The first kappa shape index (κ1) is 14.2. The molecule has 0 aromatic heterocycles. The molecule has 0 radical (unpaired) electrons. The average molecular weight is 290 g/mol. The van der Waals surface area contributed by atoms with E-state index in [0.29, 0.717) is 5.78 Å². The van der Waals surface area contributed by atoms with Gasteiger partial charge in [0.2, 0.25) is 0 Å². The second-order valence-corrected chi connectivity index (χ2v) is 8.54. The van der Waals surface area contributed by atoms with Crippen LogP contribution in [0, 0.1) is 23.2 Å². The van der Waals surface area contributed by atoms with E-state index in [1.165, 1.54) is 44.9 Å². The van der Waals surface area contributed by atoms with Crippen LogP contribution in [0.5, 0.6) is 0 Å². The predicted octanol–water partition coefficient (Wildman–Crippen LogP) is 2.41. The Bertz CT molecular complexity index is 397. The third-order valence-corrected chi connectivity index (χ3v) is 6.91. The maximum absolute atomic E-state index is 13.1. The van der Waals surface area contributed by atoms with Crippen molar-refractivity contribution in [2.45, 2.75) is 44.9 Å². The fourth-order valence-electron chi connectivity index (χ4n) is 5.91. The van der Waals surface area contributed by atoms with Gasteiger partial charge in [-0.3, -0.25) is 9.69 Å². The van der Waals surface area contributed by atoms with Crippen molar-refractivity contribution < 1.29 is 4.79 Å². The molecule has 0 aromatic carbocycles. The second kappa shape index (κ2) is 5.34. The number of likely N-dealkylation sites (N-methyl/N-ethyl adjacent to an activating group) is 1. The average Bonchev–Trinajstić information content (AvgIpc) is 2.68. The molecule has 5 fully saturated rings. The van der Waals surface area contributed by atoms with Gasteiger partial charge in [-0.15, -0.1) is 0 Å². The van der Waals surface area contributed by atoms with Gasteiger partial charge >= 0.3 is 0 Å². The van der Waals surface area contributed by atoms with Crippen LogP contribution in [-0.2, 0) is 4.79 Å². The number of piperazine rings is 1. The summed E-state index contributed by atoms with van der Waals surface area (Å²) in [5, 5.41) is 0. The molecule has 4 saturated carbocycles. The van der Waals surface area contributed by atoms with Crippen LogP contribution in [0.3, 0.4) is 0 Å². The third kappa shape index (κ3) is 2.68. The molecule has 2 atom stereocenters. The molecule has 21 heavy (non-hydrogen) atoms. The second-order valence-electron chi connectivity index (χ2n) is 8.54. The molecule has 4 bridgehead atoms. The van der Waals surface area contributed by atoms with Crippen molar-refractivity contribution in [1.29, 1.82) is 0 Å². The van der Waals surface area contributed by atoms with E-state index in [9.17, 15) is 4.79 Å². The summed E-state index contributed by atoms with van der Waals surface area (Å²) in [7, 11) is 2.18. The van der Waals surface area contributed by atoms with E-state index in [4.69, 9.17) is 0 Å². The number of hydrogen-bond donors (Lipinski definition) is 0. The predicted molar refractivity (Wildman–Crippen MR) is 84.2 cm³/mol. The van der Waals surface area contributed by atoms with Crippen molar-refractivity contribution >= 4 is 5.78 Å². The summed E-state index contributed by atoms with van der Waals surface area (Å²) in [6.45, 7) is 5.13. The third-order valence-electron chi connectivity index (χ3n) is 6.91. The molecule has 5 aliphatic rings. The largest absolute Gasteiger partial charge is 0.304 e. The van der Waals surface area contributed by atoms with Gasteiger partial charge in [0, 0.05) is 31.6 Å². The van der Waals surface area contributed by atoms with E-state index in [1.54, 1.807) is 0 Å². The number of ketones is 1. The highest BCUT2D eigenvalue weighted by atomic mass is 16.1. The zero-order valence-corrected chi connectivity index (χ0v) is 13.5. The maximum Gasteiger partial charge on any atom is 0.152 e. The van der Waals surface area contributed by atoms with Crippen LogP contribution in [0.2, 0.25) is 0 Å². The lowest BCUT2D eigenvalue weighted by atomic mass is 9.57. The molecular weight excluding hydrogens is 260 g/mol. The molecule has 1 saturated heterocycles. The zero-order chi connectivity index (χ0) is 14.4. The lowest BCUT2D eigenvalue weighted by molar-refractivity contribution is -0.137. The standard InChI is InChI=1S/C18H30N2O/c1-19-4-6-20(7-5-19)13-17(21)18-10-14-2-3-15(11-18)9-16(8-14)12-18/h14-16H,2-13H2,1H3/t14-,15-,16?,18?/m0/s1. The van der Waals surface area contributed by atoms with Crippen molar-refractivity contribution in [1.82, 2.24) is 9.80 Å². The van der Waals surface area contributed by atoms with Crippen LogP contribution < -0.4 is 0 Å². The van der Waals surface area contributed by atoms with Crippen LogP contribution in [0.4, 0.5) is 0 Å². The molecule has 118 valence electrons. The fraction of sp³-hybridized carbons (Fsp3) is 0.944. The van der Waals surface area contributed by atoms with Crippen LogP contribution in [0.15, 0.2) is 0 Å². The molecule has 0 amide bonds. The van der Waals surface area contributed by atoms with Gasteiger partial charge in [0.15, 0.2) is 5.78 Å². The topological polar surface area (TPSA) is 23.6 Å². The molecule has 0 unspecified atom stereocenters. The normalized spacial score (nSPS) is 44.0. The molecule has 3 nitrogen and oxygen atoms in total. The minimum atomic E-state index is 0.0936. The van der Waals surface area contributed by atoms with E-state index in [1.807, 2.05) is 0 Å². The summed E-state index contributed by atoms with van der Waals surface area (Å²) in [6, 6.07) is 0. The van der Waals surface area contributed by atoms with Gasteiger partial charge in [0.05, 0.1) is 6.54 Å². The Morgan fingerprint density at radius 3 is 2.14 bits per heavy atom. The molecule has 1 aliphatic heterocycles. The number of nitrogens with zero attached hydrogens (tertiary/aromatic N) is 2. The first-order chi connectivity index (χ1) is 10.1. The SMILES string of the molecule is CN1CCN(CC(=O)C23CC4C[C@H](CC[C@@H](C4)C2)C3)CC1. The lowest BCUT2D eigenvalue weighted by Gasteiger charge is -2.48. The lowest BCUT2D eigenvalue weighted by Crippen LogP contribution is -2.51. The highest BCUT2D eigenvalue weighted by molar-refractivity contribution is 5.87. The number of carbonyl (C=O) groups is 1. The Morgan fingerprint density at radius 2 is 1.52 bits per heavy atom. The molecule has 1 heterocycles. The Balaban J connectivity index is 1.46. The van der Waals surface area contributed by atoms with Crippen molar-refractivity contribution in [3.05, 3.63) is 0 Å². The summed E-state index contributed by atoms with van der Waals surface area (Å²) in [5.74, 6) is 3.22. The summed E-state index contributed by atoms with van der Waals surface area (Å²) in [4.78, 5) is 17.9. The van der Waals surface area contributed by atoms with Crippen LogP contribution in [0.25, 0.3) is 0 Å². The highest BCUT2D eigenvalue weighted by Crippen LogP contribution is 2.58. The monoisotopic (exact) mass is 290 g/mol. The summed E-state index contributed by atoms with van der Waals surface area (Å²) < 4.78 is 0. The van der Waals surface area contributed by atoms with Crippen molar-refractivity contribution in [2.75, 3.05) is 39.8 Å². The Kier molecular flexibility index (Phi) is 3.61. The maximum atomic E-state index is 13.1. The molecule has 0 N–H and O–H groups in total. The van der Waals surface area contributed by atoms with Gasteiger partial charge in [-0.2, -0.15) is 0 Å². The molecule has 4 aliphatic carbocycles. The van der Waals surface area contributed by atoms with E-state index in [0.717, 1.165) is 50.5 Å². The Hall–Kier alpha value is -0.410. The van der Waals surface area contributed by atoms with E-state index in [2.05, 4.69) is 16.8 Å².